The van der Waals surface area contributed by atoms with E-state index >= 15 is 0 Å². The van der Waals surface area contributed by atoms with Crippen LogP contribution in [0.25, 0.3) is 16.8 Å². The van der Waals surface area contributed by atoms with Crippen LogP contribution in [-0.4, -0.2) is 48.3 Å². The minimum Gasteiger partial charge on any atom is -0.339 e. The van der Waals surface area contributed by atoms with Crippen LogP contribution in [0.2, 0.25) is 0 Å². The van der Waals surface area contributed by atoms with Crippen molar-refractivity contribution in [2.24, 2.45) is 7.05 Å². The molecule has 1 fully saturated rings. The van der Waals surface area contributed by atoms with Crippen LogP contribution in [0.5, 0.6) is 0 Å². The van der Waals surface area contributed by atoms with E-state index < -0.39 is 12.0 Å². The predicted molar refractivity (Wildman–Crippen MR) is 104 cm³/mol. The van der Waals surface area contributed by atoms with E-state index in [0.29, 0.717) is 17.3 Å². The number of amides is 1. The smallest absolute Gasteiger partial charge is 0.274 e. The molecular formula is C19H22F2N6O2. The summed E-state index contributed by atoms with van der Waals surface area (Å²) in [5, 5.41) is 7.76. The third-order valence-corrected chi connectivity index (χ3v) is 4.93. The average Bonchev–Trinajstić information content (AvgIpc) is 3.26. The Kier molecular flexibility index (Phi) is 5.90. The first-order chi connectivity index (χ1) is 13.8. The highest BCUT2D eigenvalue weighted by molar-refractivity contribution is 5.87. The number of hydrogen-bond acceptors (Lipinski definition) is 4. The summed E-state index contributed by atoms with van der Waals surface area (Å²) in [6.45, 7) is 3.43. The Morgan fingerprint density at radius 1 is 1.34 bits per heavy atom. The minimum absolute atomic E-state index is 0.0460. The first-order valence-corrected chi connectivity index (χ1v) is 9.08. The van der Waals surface area contributed by atoms with Gasteiger partial charge in [-0.25, -0.2) is 13.3 Å². The molecule has 1 N–H and O–H groups in total. The van der Waals surface area contributed by atoms with Crippen molar-refractivity contribution in [2.45, 2.75) is 31.7 Å². The number of alkyl halides is 2. The molecule has 1 amide bonds. The third kappa shape index (κ3) is 4.25. The summed E-state index contributed by atoms with van der Waals surface area (Å²) in [6, 6.07) is 0.491. The lowest BCUT2D eigenvalue weighted by Crippen LogP contribution is -2.40. The maximum atomic E-state index is 12.7. The Labute approximate surface area is 165 Å². The van der Waals surface area contributed by atoms with Gasteiger partial charge in [0.1, 0.15) is 5.52 Å². The number of aromatic nitrogens is 5. The van der Waals surface area contributed by atoms with Crippen LogP contribution in [0.15, 0.2) is 42.2 Å². The molecule has 0 atom stereocenters. The number of fused-ring (bicyclic) bond motifs is 1. The molecule has 0 spiro atoms. The molecule has 0 unspecified atom stereocenters. The minimum atomic E-state index is -2.73. The molecule has 0 bridgehead atoms. The van der Waals surface area contributed by atoms with Gasteiger partial charge in [-0.1, -0.05) is 6.58 Å². The zero-order valence-electron chi connectivity index (χ0n) is 16.2. The number of nitrogens with zero attached hydrogens (tertiary/aromatic N) is 5. The van der Waals surface area contributed by atoms with Gasteiger partial charge in [0.2, 0.25) is 5.91 Å². The topological polar surface area (TPSA) is 88.3 Å². The van der Waals surface area contributed by atoms with Crippen LogP contribution in [0.3, 0.4) is 0 Å². The number of carbonyl (C=O) groups excluding carboxylic acids is 1. The van der Waals surface area contributed by atoms with Crippen LogP contribution < -0.4 is 5.56 Å². The van der Waals surface area contributed by atoms with Crippen LogP contribution >= 0.6 is 0 Å². The zero-order chi connectivity index (χ0) is 21.1. The van der Waals surface area contributed by atoms with Gasteiger partial charge in [-0.3, -0.25) is 14.3 Å². The number of aromatic amines is 1. The van der Waals surface area contributed by atoms with Crippen LogP contribution in [0.1, 0.15) is 31.3 Å². The summed E-state index contributed by atoms with van der Waals surface area (Å²) in [6.07, 6.45) is 7.98. The Hall–Kier alpha value is -3.30. The van der Waals surface area contributed by atoms with Gasteiger partial charge in [0.15, 0.2) is 0 Å². The van der Waals surface area contributed by atoms with Gasteiger partial charge in [-0.05, 0) is 25.3 Å². The number of carbonyl (C=O) groups is 1. The lowest BCUT2D eigenvalue weighted by molar-refractivity contribution is -0.128. The van der Waals surface area contributed by atoms with E-state index in [1.54, 1.807) is 29.0 Å². The number of rotatable bonds is 4. The highest BCUT2D eigenvalue weighted by Gasteiger charge is 2.23. The number of aryl methyl sites for hydroxylation is 1. The molecule has 0 radical (unpaired) electrons. The van der Waals surface area contributed by atoms with E-state index in [4.69, 9.17) is 0 Å². The molecule has 8 nitrogen and oxygen atoms in total. The highest BCUT2D eigenvalue weighted by atomic mass is 19.3. The monoisotopic (exact) mass is 404 g/mol. The van der Waals surface area contributed by atoms with Crippen LogP contribution in [0.4, 0.5) is 8.78 Å². The standard InChI is InChI=1S/C11H9F2N5O.C8H13NO/c1-17-4-6(2-14-17)8-5-18-9(11(19)16-8)7(3-15-18)10(12)13;1-3-8(10)9(2)7-5-4-6-7/h2-5,10H,1H3,(H,16,19);3,7H,1,4-6H2,2H3. The highest BCUT2D eigenvalue weighted by Crippen LogP contribution is 2.24. The first kappa shape index (κ1) is 20.4. The van der Waals surface area contributed by atoms with Crippen molar-refractivity contribution in [1.29, 1.82) is 0 Å². The van der Waals surface area contributed by atoms with E-state index in [2.05, 4.69) is 21.8 Å². The number of halogens is 2. The first-order valence-electron chi connectivity index (χ1n) is 9.08. The van der Waals surface area contributed by atoms with E-state index in [-0.39, 0.29) is 17.0 Å². The zero-order valence-corrected chi connectivity index (χ0v) is 16.2. The lowest BCUT2D eigenvalue weighted by Gasteiger charge is -2.33. The molecule has 29 heavy (non-hydrogen) atoms. The molecule has 1 saturated carbocycles. The van der Waals surface area contributed by atoms with Crippen molar-refractivity contribution in [2.75, 3.05) is 7.05 Å². The molecule has 0 aliphatic heterocycles. The van der Waals surface area contributed by atoms with Crippen molar-refractivity contribution in [1.82, 2.24) is 29.3 Å². The fraction of sp³-hybridized carbons (Fsp3) is 0.368. The van der Waals surface area contributed by atoms with E-state index in [1.165, 1.54) is 18.7 Å². The summed E-state index contributed by atoms with van der Waals surface area (Å²) in [4.78, 5) is 27.2. The molecular weight excluding hydrogens is 382 g/mol. The lowest BCUT2D eigenvalue weighted by atomic mass is 9.92. The number of likely N-dealkylation sites (N-methyl/N-ethyl adjacent to an activating group) is 1. The maximum absolute atomic E-state index is 12.7. The van der Waals surface area contributed by atoms with Gasteiger partial charge in [-0.15, -0.1) is 0 Å². The second-order valence-electron chi connectivity index (χ2n) is 6.83. The number of nitrogens with one attached hydrogen (secondary N) is 1. The molecule has 0 aromatic carbocycles. The summed E-state index contributed by atoms with van der Waals surface area (Å²) < 4.78 is 28.2. The Morgan fingerprint density at radius 3 is 2.59 bits per heavy atom. The fourth-order valence-electron chi connectivity index (χ4n) is 3.01. The van der Waals surface area contributed by atoms with Gasteiger partial charge in [-0.2, -0.15) is 10.2 Å². The Morgan fingerprint density at radius 2 is 2.07 bits per heavy atom. The van der Waals surface area contributed by atoms with Gasteiger partial charge in [0, 0.05) is 31.9 Å². The van der Waals surface area contributed by atoms with Crippen molar-refractivity contribution in [3.8, 4) is 11.3 Å². The molecule has 3 aromatic heterocycles. The third-order valence-electron chi connectivity index (χ3n) is 4.93. The van der Waals surface area contributed by atoms with Gasteiger partial charge in [0.25, 0.3) is 12.0 Å². The molecule has 10 heteroatoms. The largest absolute Gasteiger partial charge is 0.339 e. The fourth-order valence-corrected chi connectivity index (χ4v) is 3.01. The van der Waals surface area contributed by atoms with Crippen molar-refractivity contribution in [3.05, 3.63) is 53.4 Å². The second kappa shape index (κ2) is 8.38. The van der Waals surface area contributed by atoms with E-state index in [9.17, 15) is 18.4 Å². The number of H-pyrrole nitrogens is 1. The predicted octanol–water partition coefficient (Wildman–Crippen LogP) is 2.54. The molecule has 3 aromatic rings. The number of hydrogen-bond donors (Lipinski definition) is 1. The van der Waals surface area contributed by atoms with Crippen molar-refractivity contribution >= 4 is 11.4 Å². The summed E-state index contributed by atoms with van der Waals surface area (Å²) in [7, 11) is 3.58. The molecule has 1 aliphatic carbocycles. The van der Waals surface area contributed by atoms with Gasteiger partial charge >= 0.3 is 0 Å². The second-order valence-corrected chi connectivity index (χ2v) is 6.83. The van der Waals surface area contributed by atoms with E-state index in [0.717, 1.165) is 23.6 Å². The summed E-state index contributed by atoms with van der Waals surface area (Å²) in [5.74, 6) is 0.0460. The maximum Gasteiger partial charge on any atom is 0.274 e. The average molecular weight is 404 g/mol. The quantitative estimate of drug-likeness (QED) is 0.677. The van der Waals surface area contributed by atoms with Crippen molar-refractivity contribution in [3.63, 3.8) is 0 Å². The molecule has 0 saturated heterocycles. The summed E-state index contributed by atoms with van der Waals surface area (Å²) in [5.41, 5.74) is 0.0286. The normalized spacial score (nSPS) is 13.7. The van der Waals surface area contributed by atoms with Crippen LogP contribution in [0, 0.1) is 0 Å². The van der Waals surface area contributed by atoms with Crippen molar-refractivity contribution < 1.29 is 13.6 Å². The van der Waals surface area contributed by atoms with E-state index in [1.807, 2.05) is 7.05 Å². The SMILES string of the molecule is C=CC(=O)N(C)C1CCC1.Cn1cc(-c2cn3ncc(C(F)F)c3c(=O)[nH]2)cn1. The molecule has 4 rings (SSSR count). The molecule has 3 heterocycles. The molecule has 154 valence electrons. The Bertz CT molecular complexity index is 1080. The van der Waals surface area contributed by atoms with Gasteiger partial charge in [0.05, 0.1) is 29.8 Å². The van der Waals surface area contributed by atoms with Gasteiger partial charge < -0.3 is 9.88 Å². The Balaban J connectivity index is 0.000000204. The summed E-state index contributed by atoms with van der Waals surface area (Å²) >= 11 is 0. The van der Waals surface area contributed by atoms with Crippen LogP contribution in [-0.2, 0) is 11.8 Å². The molecule has 1 aliphatic rings.